The minimum Gasteiger partial charge on any atom is -0.490 e. The fourth-order valence-electron chi connectivity index (χ4n) is 4.13. The highest BCUT2D eigenvalue weighted by molar-refractivity contribution is 7.89. The Morgan fingerprint density at radius 2 is 1.65 bits per heavy atom. The first-order valence-electron chi connectivity index (χ1n) is 11.7. The third-order valence-electron chi connectivity index (χ3n) is 6.05. The number of Topliss-reactive ketones (excluding diaryl/α,β-unsaturated/α-hetero) is 1. The number of fused-ring (bicyclic) bond motifs is 1. The molecule has 0 bridgehead atoms. The first kappa shape index (κ1) is 24.2. The molecule has 2 aromatic rings. The Balaban J connectivity index is 1.38. The maximum absolute atomic E-state index is 13.1. The zero-order valence-electron chi connectivity index (χ0n) is 19.3. The maximum Gasteiger partial charge on any atom is 0.243 e. The van der Waals surface area contributed by atoms with Gasteiger partial charge < -0.3 is 14.8 Å². The third kappa shape index (κ3) is 5.59. The highest BCUT2D eigenvalue weighted by Crippen LogP contribution is 2.31. The molecule has 34 heavy (non-hydrogen) atoms. The van der Waals surface area contributed by atoms with Crippen LogP contribution in [0.15, 0.2) is 41.3 Å². The fourth-order valence-corrected chi connectivity index (χ4v) is 5.90. The predicted molar refractivity (Wildman–Crippen MR) is 128 cm³/mol. The molecule has 0 aromatic heterocycles. The van der Waals surface area contributed by atoms with E-state index >= 15 is 0 Å². The summed E-state index contributed by atoms with van der Waals surface area (Å²) in [7, 11) is -3.62. The molecule has 8 nitrogen and oxygen atoms in total. The normalized spacial score (nSPS) is 16.5. The highest BCUT2D eigenvalue weighted by Gasteiger charge is 2.27. The largest absolute Gasteiger partial charge is 0.490 e. The molecule has 0 aliphatic carbocycles. The van der Waals surface area contributed by atoms with Crippen LogP contribution in [-0.4, -0.2) is 50.7 Å². The van der Waals surface area contributed by atoms with Crippen LogP contribution in [0.2, 0.25) is 0 Å². The number of rotatable bonds is 7. The highest BCUT2D eigenvalue weighted by atomic mass is 32.2. The van der Waals surface area contributed by atoms with Gasteiger partial charge in [0.2, 0.25) is 15.9 Å². The van der Waals surface area contributed by atoms with Gasteiger partial charge in [0.15, 0.2) is 17.3 Å². The van der Waals surface area contributed by atoms with Crippen molar-refractivity contribution in [1.29, 1.82) is 0 Å². The number of aryl methyl sites for hydroxylation is 1. The van der Waals surface area contributed by atoms with Gasteiger partial charge in [0.1, 0.15) is 0 Å². The lowest BCUT2D eigenvalue weighted by atomic mass is 10.1. The van der Waals surface area contributed by atoms with Crippen LogP contribution in [0.1, 0.15) is 54.4 Å². The lowest BCUT2D eigenvalue weighted by Gasteiger charge is -2.26. The third-order valence-corrected chi connectivity index (χ3v) is 8.09. The van der Waals surface area contributed by atoms with E-state index in [4.69, 9.17) is 9.47 Å². The summed E-state index contributed by atoms with van der Waals surface area (Å²) in [4.78, 5) is 25.3. The van der Waals surface area contributed by atoms with Crippen LogP contribution >= 0.6 is 0 Å². The molecule has 9 heteroatoms. The van der Waals surface area contributed by atoms with Crippen molar-refractivity contribution in [1.82, 2.24) is 4.31 Å². The molecule has 2 aromatic carbocycles. The molecule has 0 saturated carbocycles. The molecule has 1 fully saturated rings. The van der Waals surface area contributed by atoms with E-state index in [0.717, 1.165) is 25.7 Å². The molecule has 182 valence electrons. The van der Waals surface area contributed by atoms with Gasteiger partial charge in [-0.1, -0.05) is 12.5 Å². The minimum atomic E-state index is -3.62. The molecule has 1 N–H and O–H groups in total. The first-order valence-corrected chi connectivity index (χ1v) is 13.1. The van der Waals surface area contributed by atoms with Crippen LogP contribution in [0.25, 0.3) is 0 Å². The Morgan fingerprint density at radius 3 is 2.41 bits per heavy atom. The summed E-state index contributed by atoms with van der Waals surface area (Å²) in [5.41, 5.74) is 1.49. The van der Waals surface area contributed by atoms with Crippen LogP contribution in [0.3, 0.4) is 0 Å². The number of hydrogen-bond acceptors (Lipinski definition) is 6. The van der Waals surface area contributed by atoms with Crippen molar-refractivity contribution in [2.75, 3.05) is 31.6 Å². The number of hydrogen-bond donors (Lipinski definition) is 1. The van der Waals surface area contributed by atoms with Gasteiger partial charge >= 0.3 is 0 Å². The van der Waals surface area contributed by atoms with E-state index < -0.39 is 10.0 Å². The Morgan fingerprint density at radius 1 is 0.912 bits per heavy atom. The maximum atomic E-state index is 13.1. The van der Waals surface area contributed by atoms with Crippen molar-refractivity contribution in [2.45, 2.75) is 50.3 Å². The number of anilines is 1. The van der Waals surface area contributed by atoms with Gasteiger partial charge in [-0.3, -0.25) is 9.59 Å². The number of nitrogens with zero attached hydrogens (tertiary/aromatic N) is 1. The number of ketones is 1. The summed E-state index contributed by atoms with van der Waals surface area (Å²) in [6, 6.07) is 9.90. The van der Waals surface area contributed by atoms with E-state index in [2.05, 4.69) is 5.32 Å². The van der Waals surface area contributed by atoms with Crippen LogP contribution in [0.5, 0.6) is 11.5 Å². The SMILES string of the molecule is Cc1ccc(NC(=O)CCC(=O)c2ccc3c(c2)OCCCO3)cc1S(=O)(=O)N1CCCCC1. The summed E-state index contributed by atoms with van der Waals surface area (Å²) in [5, 5.41) is 2.73. The molecule has 2 aliphatic heterocycles. The van der Waals surface area contributed by atoms with E-state index in [1.165, 1.54) is 10.4 Å². The second-order valence-electron chi connectivity index (χ2n) is 8.63. The average molecular weight is 487 g/mol. The number of carbonyl (C=O) groups excluding carboxylic acids is 2. The summed E-state index contributed by atoms with van der Waals surface area (Å²) < 4.78 is 38.9. The molecule has 1 saturated heterocycles. The van der Waals surface area contributed by atoms with Crippen molar-refractivity contribution < 1.29 is 27.5 Å². The Kier molecular flexibility index (Phi) is 7.53. The Hall–Kier alpha value is -2.91. The van der Waals surface area contributed by atoms with Gasteiger partial charge in [0.25, 0.3) is 0 Å². The zero-order chi connectivity index (χ0) is 24.1. The number of amides is 1. The summed E-state index contributed by atoms with van der Waals surface area (Å²) in [6.45, 7) is 3.87. The zero-order valence-corrected chi connectivity index (χ0v) is 20.2. The molecule has 0 unspecified atom stereocenters. The lowest BCUT2D eigenvalue weighted by Crippen LogP contribution is -2.36. The number of benzene rings is 2. The predicted octanol–water partition coefficient (Wildman–Crippen LogP) is 3.93. The van der Waals surface area contributed by atoms with Crippen molar-refractivity contribution >= 4 is 27.4 Å². The molecule has 2 aliphatic rings. The molecule has 0 radical (unpaired) electrons. The van der Waals surface area contributed by atoms with Crippen molar-refractivity contribution in [2.24, 2.45) is 0 Å². The molecular weight excluding hydrogens is 456 g/mol. The number of piperidine rings is 1. The molecule has 0 spiro atoms. The number of ether oxygens (including phenoxy) is 2. The number of sulfonamides is 1. The molecule has 1 amide bonds. The van der Waals surface area contributed by atoms with Gasteiger partial charge in [0, 0.05) is 43.6 Å². The smallest absolute Gasteiger partial charge is 0.243 e. The monoisotopic (exact) mass is 486 g/mol. The van der Waals surface area contributed by atoms with Crippen LogP contribution < -0.4 is 14.8 Å². The average Bonchev–Trinajstić information content (AvgIpc) is 3.09. The van der Waals surface area contributed by atoms with E-state index in [0.29, 0.717) is 54.6 Å². The van der Waals surface area contributed by atoms with Crippen LogP contribution in [0.4, 0.5) is 5.69 Å². The molecule has 2 heterocycles. The van der Waals surface area contributed by atoms with Crippen molar-refractivity contribution in [3.63, 3.8) is 0 Å². The quantitative estimate of drug-likeness (QED) is 0.595. The summed E-state index contributed by atoms with van der Waals surface area (Å²) in [5.74, 6) is 0.618. The summed E-state index contributed by atoms with van der Waals surface area (Å²) >= 11 is 0. The Bertz CT molecular complexity index is 1170. The van der Waals surface area contributed by atoms with E-state index in [9.17, 15) is 18.0 Å². The van der Waals surface area contributed by atoms with Crippen molar-refractivity contribution in [3.05, 3.63) is 47.5 Å². The van der Waals surface area contributed by atoms with Gasteiger partial charge in [-0.15, -0.1) is 0 Å². The van der Waals surface area contributed by atoms with Gasteiger partial charge in [-0.05, 0) is 55.7 Å². The van der Waals surface area contributed by atoms with Gasteiger partial charge in [-0.2, -0.15) is 4.31 Å². The molecular formula is C25H30N2O6S. The molecule has 0 atom stereocenters. The second-order valence-corrected chi connectivity index (χ2v) is 10.5. The first-order chi connectivity index (χ1) is 16.3. The number of carbonyl (C=O) groups is 2. The Labute approximate surface area is 200 Å². The standard InChI is InChI=1S/C25H30N2O6S/c1-18-6-8-20(17-24(18)34(30,31)27-12-3-2-4-13-27)26-25(29)11-9-21(28)19-7-10-22-23(16-19)33-15-5-14-32-22/h6-8,10,16-17H,2-5,9,11-15H2,1H3,(H,26,29). The summed E-state index contributed by atoms with van der Waals surface area (Å²) in [6.07, 6.45) is 3.52. The fraction of sp³-hybridized carbons (Fsp3) is 0.440. The van der Waals surface area contributed by atoms with Gasteiger partial charge in [-0.25, -0.2) is 8.42 Å². The van der Waals surface area contributed by atoms with E-state index in [1.807, 2.05) is 0 Å². The van der Waals surface area contributed by atoms with E-state index in [1.54, 1.807) is 37.3 Å². The van der Waals surface area contributed by atoms with Crippen LogP contribution in [-0.2, 0) is 14.8 Å². The molecule has 4 rings (SSSR count). The second kappa shape index (κ2) is 10.6. The topological polar surface area (TPSA) is 102 Å². The minimum absolute atomic E-state index is 0.0185. The number of nitrogens with one attached hydrogen (secondary N) is 1. The van der Waals surface area contributed by atoms with E-state index in [-0.39, 0.29) is 29.4 Å². The lowest BCUT2D eigenvalue weighted by molar-refractivity contribution is -0.116. The van der Waals surface area contributed by atoms with Crippen molar-refractivity contribution in [3.8, 4) is 11.5 Å². The van der Waals surface area contributed by atoms with Crippen LogP contribution in [0, 0.1) is 6.92 Å². The van der Waals surface area contributed by atoms with Gasteiger partial charge in [0.05, 0.1) is 18.1 Å².